The van der Waals surface area contributed by atoms with Crippen LogP contribution in [0.4, 0.5) is 8.78 Å². The van der Waals surface area contributed by atoms with Crippen molar-refractivity contribution in [1.29, 1.82) is 5.26 Å². The van der Waals surface area contributed by atoms with E-state index in [1.165, 1.54) is 12.1 Å². The van der Waals surface area contributed by atoms with E-state index in [9.17, 15) is 8.78 Å². The van der Waals surface area contributed by atoms with Crippen molar-refractivity contribution in [3.63, 3.8) is 0 Å². The van der Waals surface area contributed by atoms with E-state index in [0.29, 0.717) is 17.7 Å². The second-order valence-corrected chi connectivity index (χ2v) is 4.61. The summed E-state index contributed by atoms with van der Waals surface area (Å²) in [5, 5.41) is 11.9. The van der Waals surface area contributed by atoms with Gasteiger partial charge >= 0.3 is 0 Å². The van der Waals surface area contributed by atoms with Gasteiger partial charge in [-0.3, -0.25) is 0 Å². The molecule has 0 saturated heterocycles. The van der Waals surface area contributed by atoms with Gasteiger partial charge in [0, 0.05) is 18.7 Å². The number of nitrogens with one attached hydrogen (secondary N) is 1. The van der Waals surface area contributed by atoms with Crippen LogP contribution in [0.25, 0.3) is 0 Å². The molecule has 20 heavy (non-hydrogen) atoms. The Bertz CT molecular complexity index is 610. The molecule has 0 heterocycles. The molecule has 2 rings (SSSR count). The molecule has 0 aromatic heterocycles. The quantitative estimate of drug-likeness (QED) is 0.921. The third-order valence-corrected chi connectivity index (χ3v) is 3.07. The number of rotatable bonds is 4. The first-order valence-corrected chi connectivity index (χ1v) is 6.27. The van der Waals surface area contributed by atoms with Crippen molar-refractivity contribution in [2.75, 3.05) is 0 Å². The summed E-state index contributed by atoms with van der Waals surface area (Å²) in [7, 11) is 0. The van der Waals surface area contributed by atoms with Crippen molar-refractivity contribution in [2.24, 2.45) is 0 Å². The van der Waals surface area contributed by atoms with E-state index in [1.54, 1.807) is 12.1 Å². The minimum absolute atomic E-state index is 0.0223. The monoisotopic (exact) mass is 272 g/mol. The summed E-state index contributed by atoms with van der Waals surface area (Å²) < 4.78 is 26.1. The summed E-state index contributed by atoms with van der Waals surface area (Å²) in [6, 6.07) is 12.8. The largest absolute Gasteiger partial charge is 0.306 e. The maximum absolute atomic E-state index is 13.1. The fourth-order valence-corrected chi connectivity index (χ4v) is 1.95. The molecule has 0 spiro atoms. The van der Waals surface area contributed by atoms with Crippen LogP contribution in [-0.4, -0.2) is 0 Å². The van der Waals surface area contributed by atoms with Crippen LogP contribution in [0.15, 0.2) is 42.5 Å². The Morgan fingerprint density at radius 3 is 2.25 bits per heavy atom. The van der Waals surface area contributed by atoms with Gasteiger partial charge in [-0.2, -0.15) is 5.26 Å². The molecular formula is C16H14F2N2. The Morgan fingerprint density at radius 2 is 1.70 bits per heavy atom. The highest BCUT2D eigenvalue weighted by atomic mass is 19.1. The average Bonchev–Trinajstić information content (AvgIpc) is 2.44. The zero-order chi connectivity index (χ0) is 14.5. The predicted octanol–water partition coefficient (Wildman–Crippen LogP) is 3.69. The van der Waals surface area contributed by atoms with Gasteiger partial charge in [0.05, 0.1) is 11.6 Å². The highest BCUT2D eigenvalue weighted by Gasteiger charge is 2.06. The Hall–Kier alpha value is -2.25. The second-order valence-electron chi connectivity index (χ2n) is 4.61. The van der Waals surface area contributed by atoms with Crippen LogP contribution in [0.5, 0.6) is 0 Å². The van der Waals surface area contributed by atoms with E-state index < -0.39 is 11.6 Å². The van der Waals surface area contributed by atoms with Crippen LogP contribution in [0.3, 0.4) is 0 Å². The van der Waals surface area contributed by atoms with Gasteiger partial charge in [0.15, 0.2) is 0 Å². The highest BCUT2D eigenvalue weighted by molar-refractivity contribution is 5.32. The lowest BCUT2D eigenvalue weighted by Crippen LogP contribution is -2.18. The van der Waals surface area contributed by atoms with Crippen LogP contribution in [-0.2, 0) is 6.54 Å². The Labute approximate surface area is 116 Å². The van der Waals surface area contributed by atoms with Crippen molar-refractivity contribution in [3.8, 4) is 6.07 Å². The highest BCUT2D eigenvalue weighted by Crippen LogP contribution is 2.15. The summed E-state index contributed by atoms with van der Waals surface area (Å²) in [4.78, 5) is 0. The molecule has 102 valence electrons. The molecule has 0 fully saturated rings. The lowest BCUT2D eigenvalue weighted by Gasteiger charge is -2.14. The van der Waals surface area contributed by atoms with E-state index in [1.807, 2.05) is 19.1 Å². The predicted molar refractivity (Wildman–Crippen MR) is 72.8 cm³/mol. The topological polar surface area (TPSA) is 35.8 Å². The van der Waals surface area contributed by atoms with Crippen LogP contribution >= 0.6 is 0 Å². The lowest BCUT2D eigenvalue weighted by molar-refractivity contribution is 0.554. The minimum Gasteiger partial charge on any atom is -0.306 e. The molecule has 0 aliphatic rings. The number of nitrogens with zero attached hydrogens (tertiary/aromatic N) is 1. The van der Waals surface area contributed by atoms with Crippen molar-refractivity contribution in [1.82, 2.24) is 5.32 Å². The minimum atomic E-state index is -0.576. The van der Waals surface area contributed by atoms with Gasteiger partial charge in [-0.15, -0.1) is 0 Å². The Morgan fingerprint density at radius 1 is 1.10 bits per heavy atom. The van der Waals surface area contributed by atoms with E-state index in [0.717, 1.165) is 11.6 Å². The van der Waals surface area contributed by atoms with Gasteiger partial charge in [-0.05, 0) is 42.3 Å². The SMILES string of the molecule is CC(NCc1cc(F)cc(F)c1)c1ccc(C#N)cc1. The van der Waals surface area contributed by atoms with Gasteiger partial charge in [0.25, 0.3) is 0 Å². The average molecular weight is 272 g/mol. The molecule has 0 amide bonds. The van der Waals surface area contributed by atoms with Crippen LogP contribution in [0.1, 0.15) is 29.7 Å². The standard InChI is InChI=1S/C16H14F2N2/c1-11(14-4-2-12(9-19)3-5-14)20-10-13-6-15(17)8-16(18)7-13/h2-8,11,20H,10H2,1H3. The molecular weight excluding hydrogens is 258 g/mol. The van der Waals surface area contributed by atoms with Crippen LogP contribution in [0, 0.1) is 23.0 Å². The molecule has 1 N–H and O–H groups in total. The van der Waals surface area contributed by atoms with E-state index in [4.69, 9.17) is 5.26 Å². The first-order chi connectivity index (χ1) is 9.58. The lowest BCUT2D eigenvalue weighted by atomic mass is 10.1. The summed E-state index contributed by atoms with van der Waals surface area (Å²) in [6.45, 7) is 2.33. The molecule has 1 atom stereocenters. The van der Waals surface area contributed by atoms with E-state index in [2.05, 4.69) is 11.4 Å². The van der Waals surface area contributed by atoms with Gasteiger partial charge in [-0.25, -0.2) is 8.78 Å². The Kier molecular flexibility index (Phi) is 4.44. The summed E-state index contributed by atoms with van der Waals surface area (Å²) in [5.41, 5.74) is 2.18. The van der Waals surface area contributed by atoms with Gasteiger partial charge in [0.2, 0.25) is 0 Å². The molecule has 0 aliphatic carbocycles. The smallest absolute Gasteiger partial charge is 0.126 e. The first kappa shape index (κ1) is 14.2. The van der Waals surface area contributed by atoms with Gasteiger partial charge in [-0.1, -0.05) is 12.1 Å². The first-order valence-electron chi connectivity index (χ1n) is 6.27. The number of hydrogen-bond donors (Lipinski definition) is 1. The van der Waals surface area contributed by atoms with Crippen molar-refractivity contribution in [2.45, 2.75) is 19.5 Å². The number of halogens is 2. The molecule has 2 aromatic carbocycles. The molecule has 0 radical (unpaired) electrons. The maximum atomic E-state index is 13.1. The Balaban J connectivity index is 2.00. The van der Waals surface area contributed by atoms with Crippen LogP contribution in [0.2, 0.25) is 0 Å². The molecule has 0 bridgehead atoms. The number of nitriles is 1. The van der Waals surface area contributed by atoms with Gasteiger partial charge < -0.3 is 5.32 Å². The van der Waals surface area contributed by atoms with E-state index >= 15 is 0 Å². The van der Waals surface area contributed by atoms with Crippen molar-refractivity contribution < 1.29 is 8.78 Å². The zero-order valence-electron chi connectivity index (χ0n) is 11.0. The molecule has 2 nitrogen and oxygen atoms in total. The third-order valence-electron chi connectivity index (χ3n) is 3.07. The molecule has 4 heteroatoms. The number of hydrogen-bond acceptors (Lipinski definition) is 2. The van der Waals surface area contributed by atoms with Crippen molar-refractivity contribution >= 4 is 0 Å². The van der Waals surface area contributed by atoms with Crippen LogP contribution < -0.4 is 5.32 Å². The molecule has 2 aromatic rings. The summed E-state index contributed by atoms with van der Waals surface area (Å²) in [5.74, 6) is -1.15. The second kappa shape index (κ2) is 6.27. The fraction of sp³-hybridized carbons (Fsp3) is 0.188. The molecule has 0 saturated carbocycles. The normalized spacial score (nSPS) is 11.9. The van der Waals surface area contributed by atoms with Crippen molar-refractivity contribution in [3.05, 3.63) is 70.8 Å². The third kappa shape index (κ3) is 3.62. The van der Waals surface area contributed by atoms with Gasteiger partial charge in [0.1, 0.15) is 11.6 Å². The van der Waals surface area contributed by atoms with E-state index in [-0.39, 0.29) is 6.04 Å². The molecule has 1 unspecified atom stereocenters. The summed E-state index contributed by atoms with van der Waals surface area (Å²) >= 11 is 0. The zero-order valence-corrected chi connectivity index (χ0v) is 11.0. The molecule has 0 aliphatic heterocycles. The summed E-state index contributed by atoms with van der Waals surface area (Å²) in [6.07, 6.45) is 0. The maximum Gasteiger partial charge on any atom is 0.126 e. The fourth-order valence-electron chi connectivity index (χ4n) is 1.95. The number of benzene rings is 2.